The normalized spacial score (nSPS) is 10.8. The van der Waals surface area contributed by atoms with Crippen molar-refractivity contribution in [2.75, 3.05) is 11.9 Å². The van der Waals surface area contributed by atoms with Crippen LogP contribution in [0, 0.1) is 6.92 Å². The summed E-state index contributed by atoms with van der Waals surface area (Å²) in [6.45, 7) is 4.66. The Morgan fingerprint density at radius 2 is 1.93 bits per heavy atom. The zero-order valence-corrected chi connectivity index (χ0v) is 19.3. The maximum absolute atomic E-state index is 12.0. The molecule has 30 heavy (non-hydrogen) atoms. The maximum Gasteiger partial charge on any atom is 0.240 e. The summed E-state index contributed by atoms with van der Waals surface area (Å²) in [5, 5.41) is 7.23. The Kier molecular flexibility index (Phi) is 9.83. The monoisotopic (exact) mass is 493 g/mol. The fourth-order valence-electron chi connectivity index (χ4n) is 2.40. The van der Waals surface area contributed by atoms with E-state index in [0.29, 0.717) is 17.3 Å². The minimum absolute atomic E-state index is 0.0245. The molecule has 0 atom stereocenters. The molecule has 2 amide bonds. The van der Waals surface area contributed by atoms with Crippen LogP contribution in [0.4, 0.5) is 5.69 Å². The summed E-state index contributed by atoms with van der Waals surface area (Å²) in [5.74, 6) is 0.157. The highest BCUT2D eigenvalue weighted by atomic mass is 79.9. The first-order valence-corrected chi connectivity index (χ1v) is 10.9. The summed E-state index contributed by atoms with van der Waals surface area (Å²) in [7, 11) is 0. The molecule has 2 rings (SSSR count). The highest BCUT2D eigenvalue weighted by Gasteiger charge is 2.08. The van der Waals surface area contributed by atoms with Gasteiger partial charge in [-0.15, -0.1) is 0 Å². The second-order valence-electron chi connectivity index (χ2n) is 6.70. The van der Waals surface area contributed by atoms with Crippen LogP contribution in [0.5, 0.6) is 5.75 Å². The van der Waals surface area contributed by atoms with Crippen LogP contribution in [0.25, 0.3) is 0 Å². The topological polar surface area (TPSA) is 79.8 Å². The lowest BCUT2D eigenvalue weighted by molar-refractivity contribution is -0.124. The number of nitrogens with zero attached hydrogens (tertiary/aromatic N) is 1. The van der Waals surface area contributed by atoms with E-state index in [0.717, 1.165) is 34.2 Å². The van der Waals surface area contributed by atoms with Crippen molar-refractivity contribution in [2.45, 2.75) is 39.5 Å². The molecule has 0 bridgehead atoms. The number of halogens is 2. The first kappa shape index (κ1) is 23.9. The van der Waals surface area contributed by atoms with Crippen LogP contribution < -0.4 is 15.5 Å². The predicted octanol–water partition coefficient (Wildman–Crippen LogP) is 5.46. The molecule has 2 N–H and O–H groups in total. The molecule has 2 aromatic rings. The van der Waals surface area contributed by atoms with E-state index in [9.17, 15) is 9.59 Å². The number of aryl methyl sites for hydroxylation is 1. The van der Waals surface area contributed by atoms with Crippen LogP contribution in [0.1, 0.15) is 43.7 Å². The Hall–Kier alpha value is -2.38. The van der Waals surface area contributed by atoms with E-state index in [4.69, 9.17) is 16.3 Å². The second kappa shape index (κ2) is 12.3. The van der Waals surface area contributed by atoms with Gasteiger partial charge in [-0.1, -0.05) is 31.0 Å². The molecule has 8 heteroatoms. The van der Waals surface area contributed by atoms with Gasteiger partial charge < -0.3 is 10.1 Å². The Balaban J connectivity index is 1.75. The molecule has 6 nitrogen and oxygen atoms in total. The number of hydrazone groups is 1. The van der Waals surface area contributed by atoms with Gasteiger partial charge in [0.05, 0.1) is 17.3 Å². The first-order valence-electron chi connectivity index (χ1n) is 9.69. The van der Waals surface area contributed by atoms with Gasteiger partial charge in [0.15, 0.2) is 0 Å². The molecule has 0 saturated carbocycles. The van der Waals surface area contributed by atoms with Crippen LogP contribution in [0.2, 0.25) is 5.02 Å². The summed E-state index contributed by atoms with van der Waals surface area (Å²) in [4.78, 5) is 23.9. The van der Waals surface area contributed by atoms with Gasteiger partial charge in [0.1, 0.15) is 5.75 Å². The van der Waals surface area contributed by atoms with Crippen LogP contribution in [0.3, 0.4) is 0 Å². The quantitative estimate of drug-likeness (QED) is 0.261. The van der Waals surface area contributed by atoms with Crippen molar-refractivity contribution in [2.24, 2.45) is 5.10 Å². The maximum atomic E-state index is 12.0. The van der Waals surface area contributed by atoms with Gasteiger partial charge in [-0.3, -0.25) is 9.59 Å². The number of benzene rings is 2. The van der Waals surface area contributed by atoms with Gasteiger partial charge in [-0.2, -0.15) is 5.10 Å². The van der Waals surface area contributed by atoms with Gasteiger partial charge in [0.2, 0.25) is 11.8 Å². The highest BCUT2D eigenvalue weighted by Crippen LogP contribution is 2.25. The minimum Gasteiger partial charge on any atom is -0.492 e. The van der Waals surface area contributed by atoms with E-state index in [1.54, 1.807) is 12.1 Å². The van der Waals surface area contributed by atoms with Crippen LogP contribution in [-0.2, 0) is 9.59 Å². The van der Waals surface area contributed by atoms with E-state index in [2.05, 4.69) is 38.7 Å². The number of hydrogen-bond donors (Lipinski definition) is 2. The number of hydrogen-bond acceptors (Lipinski definition) is 4. The number of amides is 2. The molecule has 0 unspecified atom stereocenters. The van der Waals surface area contributed by atoms with E-state index in [1.165, 1.54) is 6.21 Å². The van der Waals surface area contributed by atoms with E-state index in [-0.39, 0.29) is 24.7 Å². The number of nitrogens with one attached hydrogen (secondary N) is 2. The Morgan fingerprint density at radius 1 is 1.17 bits per heavy atom. The summed E-state index contributed by atoms with van der Waals surface area (Å²) in [6.07, 6.45) is 3.67. The fourth-order valence-corrected chi connectivity index (χ4v) is 3.09. The van der Waals surface area contributed by atoms with Crippen molar-refractivity contribution in [3.05, 3.63) is 57.0 Å². The van der Waals surface area contributed by atoms with Crippen molar-refractivity contribution >= 4 is 51.2 Å². The van der Waals surface area contributed by atoms with E-state index >= 15 is 0 Å². The molecule has 0 radical (unpaired) electrons. The summed E-state index contributed by atoms with van der Waals surface area (Å²) >= 11 is 9.51. The Labute approximate surface area is 190 Å². The molecular weight excluding hydrogens is 470 g/mol. The lowest BCUT2D eigenvalue weighted by atomic mass is 10.2. The molecule has 0 saturated heterocycles. The largest absolute Gasteiger partial charge is 0.492 e. The SMILES string of the molecule is CCCCOc1ccc(C=NNC(=O)CCC(=O)Nc2ccc(C)c(Cl)c2)cc1Br. The molecule has 0 spiro atoms. The minimum atomic E-state index is -0.345. The zero-order valence-electron chi connectivity index (χ0n) is 17.0. The number of carbonyl (C=O) groups excluding carboxylic acids is 2. The van der Waals surface area contributed by atoms with E-state index < -0.39 is 0 Å². The average Bonchev–Trinajstić information content (AvgIpc) is 2.71. The predicted molar refractivity (Wildman–Crippen MR) is 124 cm³/mol. The number of unbranched alkanes of at least 4 members (excludes halogenated alkanes) is 1. The summed E-state index contributed by atoms with van der Waals surface area (Å²) < 4.78 is 6.50. The van der Waals surface area contributed by atoms with Gasteiger partial charge in [0.25, 0.3) is 0 Å². The van der Waals surface area contributed by atoms with Gasteiger partial charge >= 0.3 is 0 Å². The lowest BCUT2D eigenvalue weighted by Gasteiger charge is -2.08. The molecule has 0 aliphatic rings. The van der Waals surface area contributed by atoms with Crippen LogP contribution in [-0.4, -0.2) is 24.6 Å². The smallest absolute Gasteiger partial charge is 0.240 e. The Bertz CT molecular complexity index is 918. The molecule has 0 aliphatic heterocycles. The first-order chi connectivity index (χ1) is 14.4. The van der Waals surface area contributed by atoms with Crippen LogP contribution >= 0.6 is 27.5 Å². The van der Waals surface area contributed by atoms with Crippen molar-refractivity contribution in [1.82, 2.24) is 5.43 Å². The van der Waals surface area contributed by atoms with Crippen molar-refractivity contribution in [3.8, 4) is 5.75 Å². The van der Waals surface area contributed by atoms with Crippen molar-refractivity contribution in [1.29, 1.82) is 0 Å². The number of rotatable bonds is 10. The molecule has 0 aliphatic carbocycles. The average molecular weight is 495 g/mol. The molecule has 0 heterocycles. The van der Waals surface area contributed by atoms with Crippen molar-refractivity contribution in [3.63, 3.8) is 0 Å². The summed E-state index contributed by atoms with van der Waals surface area (Å²) in [5.41, 5.74) is 4.76. The fraction of sp³-hybridized carbons (Fsp3) is 0.318. The number of carbonyl (C=O) groups is 2. The number of anilines is 1. The third-order valence-electron chi connectivity index (χ3n) is 4.15. The lowest BCUT2D eigenvalue weighted by Crippen LogP contribution is -2.20. The second-order valence-corrected chi connectivity index (χ2v) is 7.96. The van der Waals surface area contributed by atoms with E-state index in [1.807, 2.05) is 31.2 Å². The number of ether oxygens (including phenoxy) is 1. The van der Waals surface area contributed by atoms with Crippen molar-refractivity contribution < 1.29 is 14.3 Å². The van der Waals surface area contributed by atoms with Gasteiger partial charge in [-0.25, -0.2) is 5.43 Å². The third-order valence-corrected chi connectivity index (χ3v) is 5.18. The highest BCUT2D eigenvalue weighted by molar-refractivity contribution is 9.10. The molecular formula is C22H25BrClN3O3. The van der Waals surface area contributed by atoms with Gasteiger partial charge in [0, 0.05) is 23.6 Å². The van der Waals surface area contributed by atoms with Crippen LogP contribution in [0.15, 0.2) is 46.0 Å². The molecule has 2 aromatic carbocycles. The molecule has 0 fully saturated rings. The Morgan fingerprint density at radius 3 is 2.63 bits per heavy atom. The standard InChI is InChI=1S/C22H25BrClN3O3/c1-3-4-11-30-20-8-6-16(12-18(20)23)14-25-27-22(29)10-9-21(28)26-17-7-5-15(2)19(24)13-17/h5-8,12-14H,3-4,9-11H2,1-2H3,(H,26,28)(H,27,29). The molecule has 0 aromatic heterocycles. The molecule has 160 valence electrons. The zero-order chi connectivity index (χ0) is 21.9. The third kappa shape index (κ3) is 8.16. The summed E-state index contributed by atoms with van der Waals surface area (Å²) in [6, 6.07) is 10.8. The van der Waals surface area contributed by atoms with Gasteiger partial charge in [-0.05, 0) is 70.7 Å².